The lowest BCUT2D eigenvalue weighted by Crippen LogP contribution is -2.16. The Bertz CT molecular complexity index is 1290. The number of fused-ring (bicyclic) bond motifs is 1. The first kappa shape index (κ1) is 20.6. The number of nitrogens with zero attached hydrogens (tertiary/aromatic N) is 1. The Morgan fingerprint density at radius 1 is 0.903 bits per heavy atom. The van der Waals surface area contributed by atoms with Crippen molar-refractivity contribution in [3.8, 4) is 17.0 Å². The van der Waals surface area contributed by atoms with Gasteiger partial charge in [0.05, 0.1) is 23.9 Å². The van der Waals surface area contributed by atoms with Crippen LogP contribution in [0.15, 0.2) is 60.7 Å². The van der Waals surface area contributed by atoms with E-state index in [4.69, 9.17) is 9.72 Å². The molecule has 4 rings (SSSR count). The molecule has 0 fully saturated rings. The van der Waals surface area contributed by atoms with Crippen molar-refractivity contribution in [2.24, 2.45) is 0 Å². The van der Waals surface area contributed by atoms with Gasteiger partial charge in [0.15, 0.2) is 0 Å². The van der Waals surface area contributed by atoms with Gasteiger partial charge in [-0.3, -0.25) is 4.79 Å². The van der Waals surface area contributed by atoms with Gasteiger partial charge in [0.1, 0.15) is 5.75 Å². The van der Waals surface area contributed by atoms with Crippen LogP contribution in [0.3, 0.4) is 0 Å². The monoisotopic (exact) mass is 410 g/mol. The Balaban J connectivity index is 1.94. The molecule has 1 N–H and O–H groups in total. The van der Waals surface area contributed by atoms with Crippen LogP contribution in [0.5, 0.6) is 5.75 Å². The summed E-state index contributed by atoms with van der Waals surface area (Å²) in [4.78, 5) is 18.5. The minimum atomic E-state index is -0.126. The maximum atomic E-state index is 13.5. The van der Waals surface area contributed by atoms with E-state index in [1.165, 1.54) is 0 Å². The van der Waals surface area contributed by atoms with Gasteiger partial charge in [0.2, 0.25) is 0 Å². The molecule has 0 aliphatic carbocycles. The number of amides is 1. The van der Waals surface area contributed by atoms with Crippen LogP contribution in [0.25, 0.3) is 22.2 Å². The van der Waals surface area contributed by atoms with E-state index in [-0.39, 0.29) is 5.91 Å². The molecule has 0 saturated carbocycles. The Labute approximate surface area is 182 Å². The Morgan fingerprint density at radius 2 is 1.61 bits per heavy atom. The van der Waals surface area contributed by atoms with Crippen molar-refractivity contribution >= 4 is 22.5 Å². The standard InChI is InChI=1S/C27H26N2O2/c1-16-14-18(3)25-22(15-16)24(27(30)28-23-9-7-6-8-17(23)2)19(4)26(29-25)20-10-12-21(31-5)13-11-20/h6-15H,1-5H3,(H,28,30). The van der Waals surface area contributed by atoms with E-state index in [9.17, 15) is 4.79 Å². The number of anilines is 1. The molecule has 0 atom stereocenters. The topological polar surface area (TPSA) is 51.2 Å². The number of aryl methyl sites for hydroxylation is 3. The number of nitrogens with one attached hydrogen (secondary N) is 1. The average molecular weight is 411 g/mol. The van der Waals surface area contributed by atoms with E-state index in [1.807, 2.05) is 82.3 Å². The van der Waals surface area contributed by atoms with Crippen molar-refractivity contribution < 1.29 is 9.53 Å². The second kappa shape index (κ2) is 8.23. The molecular weight excluding hydrogens is 384 g/mol. The number of carbonyl (C=O) groups excluding carboxylic acids is 1. The van der Waals surface area contributed by atoms with E-state index in [2.05, 4.69) is 11.4 Å². The molecule has 0 aliphatic rings. The number of hydrogen-bond acceptors (Lipinski definition) is 3. The fourth-order valence-corrected chi connectivity index (χ4v) is 4.04. The van der Waals surface area contributed by atoms with Gasteiger partial charge in [-0.2, -0.15) is 0 Å². The summed E-state index contributed by atoms with van der Waals surface area (Å²) in [6.45, 7) is 8.04. The summed E-state index contributed by atoms with van der Waals surface area (Å²) in [6.07, 6.45) is 0. The maximum Gasteiger partial charge on any atom is 0.256 e. The molecule has 0 unspecified atom stereocenters. The summed E-state index contributed by atoms with van der Waals surface area (Å²) in [5.74, 6) is 0.658. The Morgan fingerprint density at radius 3 is 2.29 bits per heavy atom. The number of methoxy groups -OCH3 is 1. The molecule has 156 valence electrons. The fraction of sp³-hybridized carbons (Fsp3) is 0.185. The minimum Gasteiger partial charge on any atom is -0.497 e. The summed E-state index contributed by atoms with van der Waals surface area (Å²) in [7, 11) is 1.65. The zero-order valence-corrected chi connectivity index (χ0v) is 18.5. The third-order valence-electron chi connectivity index (χ3n) is 5.65. The summed E-state index contributed by atoms with van der Waals surface area (Å²) in [5.41, 5.74) is 8.10. The van der Waals surface area contributed by atoms with Gasteiger partial charge in [0.25, 0.3) is 5.91 Å². The van der Waals surface area contributed by atoms with Gasteiger partial charge in [-0.1, -0.05) is 29.8 Å². The zero-order valence-electron chi connectivity index (χ0n) is 18.5. The largest absolute Gasteiger partial charge is 0.497 e. The third kappa shape index (κ3) is 3.89. The molecule has 0 spiro atoms. The van der Waals surface area contributed by atoms with E-state index in [0.29, 0.717) is 5.56 Å². The minimum absolute atomic E-state index is 0.126. The molecule has 31 heavy (non-hydrogen) atoms. The molecule has 1 amide bonds. The number of para-hydroxylation sites is 1. The van der Waals surface area contributed by atoms with Crippen molar-refractivity contribution in [1.82, 2.24) is 4.98 Å². The third-order valence-corrected chi connectivity index (χ3v) is 5.65. The molecule has 3 aromatic carbocycles. The van der Waals surface area contributed by atoms with Crippen LogP contribution in [0.2, 0.25) is 0 Å². The van der Waals surface area contributed by atoms with Gasteiger partial charge in [0, 0.05) is 16.6 Å². The smallest absolute Gasteiger partial charge is 0.256 e. The highest BCUT2D eigenvalue weighted by Crippen LogP contribution is 2.33. The lowest BCUT2D eigenvalue weighted by atomic mass is 9.94. The van der Waals surface area contributed by atoms with Crippen molar-refractivity contribution in [1.29, 1.82) is 0 Å². The van der Waals surface area contributed by atoms with Crippen LogP contribution in [0, 0.1) is 27.7 Å². The van der Waals surface area contributed by atoms with E-state index in [0.717, 1.165) is 55.9 Å². The van der Waals surface area contributed by atoms with Gasteiger partial charge >= 0.3 is 0 Å². The van der Waals surface area contributed by atoms with Crippen LogP contribution in [-0.2, 0) is 0 Å². The summed E-state index contributed by atoms with van der Waals surface area (Å²) in [6, 6.07) is 19.7. The lowest BCUT2D eigenvalue weighted by Gasteiger charge is -2.17. The molecule has 4 aromatic rings. The molecule has 0 aliphatic heterocycles. The maximum absolute atomic E-state index is 13.5. The molecule has 4 nitrogen and oxygen atoms in total. The van der Waals surface area contributed by atoms with Crippen LogP contribution >= 0.6 is 0 Å². The van der Waals surface area contributed by atoms with E-state index >= 15 is 0 Å². The average Bonchev–Trinajstić information content (AvgIpc) is 2.75. The first-order chi connectivity index (χ1) is 14.9. The summed E-state index contributed by atoms with van der Waals surface area (Å²) in [5, 5.41) is 3.98. The van der Waals surface area contributed by atoms with Crippen molar-refractivity contribution in [2.75, 3.05) is 12.4 Å². The van der Waals surface area contributed by atoms with Gasteiger partial charge in [-0.25, -0.2) is 4.98 Å². The highest BCUT2D eigenvalue weighted by Gasteiger charge is 2.21. The van der Waals surface area contributed by atoms with Crippen molar-refractivity contribution in [2.45, 2.75) is 27.7 Å². The predicted molar refractivity (Wildman–Crippen MR) is 127 cm³/mol. The molecule has 0 radical (unpaired) electrons. The van der Waals surface area contributed by atoms with E-state index in [1.54, 1.807) is 7.11 Å². The van der Waals surface area contributed by atoms with Crippen LogP contribution in [0.4, 0.5) is 5.69 Å². The Kier molecular flexibility index (Phi) is 5.47. The number of ether oxygens (including phenoxy) is 1. The van der Waals surface area contributed by atoms with Gasteiger partial charge < -0.3 is 10.1 Å². The summed E-state index contributed by atoms with van der Waals surface area (Å²) < 4.78 is 5.29. The van der Waals surface area contributed by atoms with Gasteiger partial charge in [-0.05, 0) is 80.8 Å². The van der Waals surface area contributed by atoms with Crippen LogP contribution in [-0.4, -0.2) is 18.0 Å². The van der Waals surface area contributed by atoms with E-state index < -0.39 is 0 Å². The number of benzene rings is 3. The second-order valence-corrected chi connectivity index (χ2v) is 7.94. The molecule has 0 bridgehead atoms. The molecular formula is C27H26N2O2. The summed E-state index contributed by atoms with van der Waals surface area (Å²) >= 11 is 0. The fourth-order valence-electron chi connectivity index (χ4n) is 4.04. The predicted octanol–water partition coefficient (Wildman–Crippen LogP) is 6.40. The number of pyridine rings is 1. The van der Waals surface area contributed by atoms with Crippen molar-refractivity contribution in [3.05, 3.63) is 88.5 Å². The number of carbonyl (C=O) groups is 1. The Hall–Kier alpha value is -3.66. The quantitative estimate of drug-likeness (QED) is 0.424. The number of hydrogen-bond donors (Lipinski definition) is 1. The lowest BCUT2D eigenvalue weighted by molar-refractivity contribution is 0.102. The highest BCUT2D eigenvalue weighted by molar-refractivity contribution is 6.15. The molecule has 1 heterocycles. The molecule has 4 heteroatoms. The van der Waals surface area contributed by atoms with Crippen LogP contribution in [0.1, 0.15) is 32.6 Å². The highest BCUT2D eigenvalue weighted by atomic mass is 16.5. The second-order valence-electron chi connectivity index (χ2n) is 7.94. The molecule has 0 saturated heterocycles. The first-order valence-electron chi connectivity index (χ1n) is 10.3. The molecule has 1 aromatic heterocycles. The number of rotatable bonds is 4. The first-order valence-corrected chi connectivity index (χ1v) is 10.3. The normalized spacial score (nSPS) is 10.9. The number of aromatic nitrogens is 1. The SMILES string of the molecule is COc1ccc(-c2nc3c(C)cc(C)cc3c(C(=O)Nc3ccccc3C)c2C)cc1. The zero-order chi connectivity index (χ0) is 22.1. The van der Waals surface area contributed by atoms with Crippen molar-refractivity contribution in [3.63, 3.8) is 0 Å². The van der Waals surface area contributed by atoms with Crippen LogP contribution < -0.4 is 10.1 Å². The van der Waals surface area contributed by atoms with Gasteiger partial charge in [-0.15, -0.1) is 0 Å².